The van der Waals surface area contributed by atoms with E-state index in [0.717, 1.165) is 29.0 Å². The number of aryl methyl sites for hydroxylation is 1. The minimum absolute atomic E-state index is 0.0559. The molecule has 4 rings (SSSR count). The standard InChI is InChI=1S/C22H24N8O/c1-4-16(14-24-20-10-8-17-18(28-20)6-5-11-23-17)29(3)22(31)21-19(9-7-15(2)27-21)30-25-12-13-26-30/h5-13,16H,4,14H2,1-3H3,(H,24,28)/t16-/m0/s1. The molecule has 1 N–H and O–H groups in total. The third-order valence-electron chi connectivity index (χ3n) is 5.16. The van der Waals surface area contributed by atoms with Gasteiger partial charge in [0.25, 0.3) is 5.91 Å². The van der Waals surface area contributed by atoms with Crippen molar-refractivity contribution in [3.05, 3.63) is 66.4 Å². The number of nitrogens with one attached hydrogen (secondary N) is 1. The first kappa shape index (κ1) is 20.4. The van der Waals surface area contributed by atoms with Crippen molar-refractivity contribution in [1.82, 2.24) is 34.8 Å². The number of hydrogen-bond donors (Lipinski definition) is 1. The Morgan fingerprint density at radius 3 is 2.65 bits per heavy atom. The van der Waals surface area contributed by atoms with Crippen LogP contribution in [-0.4, -0.2) is 60.4 Å². The molecular weight excluding hydrogens is 392 g/mol. The highest BCUT2D eigenvalue weighted by atomic mass is 16.2. The molecule has 0 fully saturated rings. The number of hydrogen-bond acceptors (Lipinski definition) is 7. The molecule has 4 heterocycles. The van der Waals surface area contributed by atoms with Crippen molar-refractivity contribution in [3.8, 4) is 5.69 Å². The fraction of sp³-hybridized carbons (Fsp3) is 0.273. The number of amides is 1. The van der Waals surface area contributed by atoms with Gasteiger partial charge in [-0.2, -0.15) is 10.2 Å². The zero-order valence-corrected chi connectivity index (χ0v) is 17.7. The van der Waals surface area contributed by atoms with Gasteiger partial charge >= 0.3 is 0 Å². The Bertz CT molecular complexity index is 1190. The van der Waals surface area contributed by atoms with Crippen molar-refractivity contribution in [2.75, 3.05) is 18.9 Å². The smallest absolute Gasteiger partial charge is 0.274 e. The molecule has 4 aromatic rings. The summed E-state index contributed by atoms with van der Waals surface area (Å²) in [4.78, 5) is 29.8. The molecular formula is C22H24N8O. The van der Waals surface area contributed by atoms with E-state index in [1.807, 2.05) is 50.2 Å². The second kappa shape index (κ2) is 8.86. The van der Waals surface area contributed by atoms with Gasteiger partial charge in [0.05, 0.1) is 23.4 Å². The molecule has 0 saturated heterocycles. The summed E-state index contributed by atoms with van der Waals surface area (Å²) in [5, 5.41) is 11.7. The van der Waals surface area contributed by atoms with Gasteiger partial charge in [0, 0.05) is 31.5 Å². The summed E-state index contributed by atoms with van der Waals surface area (Å²) in [6.07, 6.45) is 5.66. The van der Waals surface area contributed by atoms with Crippen LogP contribution in [-0.2, 0) is 0 Å². The maximum Gasteiger partial charge on any atom is 0.274 e. The number of fused-ring (bicyclic) bond motifs is 1. The summed E-state index contributed by atoms with van der Waals surface area (Å²) in [7, 11) is 1.79. The average molecular weight is 416 g/mol. The Hall–Kier alpha value is -3.88. The second-order valence-corrected chi connectivity index (χ2v) is 7.24. The molecule has 0 aromatic carbocycles. The maximum atomic E-state index is 13.3. The van der Waals surface area contributed by atoms with Crippen LogP contribution in [0.5, 0.6) is 0 Å². The highest BCUT2D eigenvalue weighted by Crippen LogP contribution is 2.17. The Balaban J connectivity index is 1.52. The van der Waals surface area contributed by atoms with Crippen LogP contribution in [0.1, 0.15) is 29.5 Å². The summed E-state index contributed by atoms with van der Waals surface area (Å²) in [6.45, 7) is 4.46. The summed E-state index contributed by atoms with van der Waals surface area (Å²) >= 11 is 0. The molecule has 158 valence electrons. The first-order valence-corrected chi connectivity index (χ1v) is 10.1. The lowest BCUT2D eigenvalue weighted by Crippen LogP contribution is -2.42. The van der Waals surface area contributed by atoms with Crippen LogP contribution >= 0.6 is 0 Å². The number of rotatable bonds is 7. The lowest BCUT2D eigenvalue weighted by atomic mass is 10.1. The Morgan fingerprint density at radius 2 is 1.87 bits per heavy atom. The monoisotopic (exact) mass is 416 g/mol. The number of carbonyl (C=O) groups excluding carboxylic acids is 1. The topological polar surface area (TPSA) is 102 Å². The number of nitrogens with zero attached hydrogens (tertiary/aromatic N) is 7. The summed E-state index contributed by atoms with van der Waals surface area (Å²) < 4.78 is 0. The minimum atomic E-state index is -0.180. The first-order chi connectivity index (χ1) is 15.1. The summed E-state index contributed by atoms with van der Waals surface area (Å²) in [6, 6.07) is 11.2. The average Bonchev–Trinajstić information content (AvgIpc) is 3.33. The van der Waals surface area contributed by atoms with Gasteiger partial charge in [-0.15, -0.1) is 4.80 Å². The molecule has 0 aliphatic carbocycles. The molecule has 0 saturated carbocycles. The number of anilines is 1. The molecule has 0 spiro atoms. The number of likely N-dealkylation sites (N-methyl/N-ethyl adjacent to an activating group) is 1. The van der Waals surface area contributed by atoms with Crippen LogP contribution in [0.3, 0.4) is 0 Å². The first-order valence-electron chi connectivity index (χ1n) is 10.1. The molecule has 0 aliphatic heterocycles. The van der Waals surface area contributed by atoms with Crippen molar-refractivity contribution < 1.29 is 4.79 Å². The van der Waals surface area contributed by atoms with Gasteiger partial charge in [0.15, 0.2) is 5.69 Å². The SMILES string of the molecule is CC[C@@H](CNc1ccc2ncccc2n1)N(C)C(=O)c1nc(C)ccc1-n1nccn1. The van der Waals surface area contributed by atoms with E-state index in [1.54, 1.807) is 30.5 Å². The highest BCUT2D eigenvalue weighted by Gasteiger charge is 2.24. The molecule has 31 heavy (non-hydrogen) atoms. The minimum Gasteiger partial charge on any atom is -0.368 e. The van der Waals surface area contributed by atoms with E-state index >= 15 is 0 Å². The Morgan fingerprint density at radius 1 is 1.06 bits per heavy atom. The van der Waals surface area contributed by atoms with Gasteiger partial charge in [-0.3, -0.25) is 9.78 Å². The van der Waals surface area contributed by atoms with Crippen LogP contribution in [0.25, 0.3) is 16.7 Å². The fourth-order valence-electron chi connectivity index (χ4n) is 3.37. The van der Waals surface area contributed by atoms with Crippen LogP contribution in [0.15, 0.2) is 55.0 Å². The van der Waals surface area contributed by atoms with Crippen molar-refractivity contribution >= 4 is 22.8 Å². The van der Waals surface area contributed by atoms with Crippen molar-refractivity contribution in [3.63, 3.8) is 0 Å². The molecule has 0 bridgehead atoms. The zero-order chi connectivity index (χ0) is 21.8. The van der Waals surface area contributed by atoms with Crippen LogP contribution in [0, 0.1) is 6.92 Å². The third kappa shape index (κ3) is 4.35. The fourth-order valence-corrected chi connectivity index (χ4v) is 3.37. The lowest BCUT2D eigenvalue weighted by Gasteiger charge is -2.28. The lowest BCUT2D eigenvalue weighted by molar-refractivity contribution is 0.0729. The van der Waals surface area contributed by atoms with Crippen LogP contribution in [0.2, 0.25) is 0 Å². The molecule has 0 radical (unpaired) electrons. The van der Waals surface area contributed by atoms with Crippen molar-refractivity contribution in [2.45, 2.75) is 26.3 Å². The molecule has 1 amide bonds. The zero-order valence-electron chi connectivity index (χ0n) is 17.7. The number of pyridine rings is 3. The van der Waals surface area contributed by atoms with E-state index in [9.17, 15) is 4.79 Å². The summed E-state index contributed by atoms with van der Waals surface area (Å²) in [5.41, 5.74) is 3.31. The Labute approximate surface area is 180 Å². The number of carbonyl (C=O) groups is 1. The molecule has 1 atom stereocenters. The van der Waals surface area contributed by atoms with Gasteiger partial charge in [-0.05, 0) is 49.7 Å². The van der Waals surface area contributed by atoms with Gasteiger partial charge in [0.1, 0.15) is 11.5 Å². The van der Waals surface area contributed by atoms with E-state index in [2.05, 4.69) is 30.5 Å². The van der Waals surface area contributed by atoms with Crippen LogP contribution < -0.4 is 5.32 Å². The summed E-state index contributed by atoms with van der Waals surface area (Å²) in [5.74, 6) is 0.565. The van der Waals surface area contributed by atoms with Crippen molar-refractivity contribution in [2.24, 2.45) is 0 Å². The van der Waals surface area contributed by atoms with E-state index < -0.39 is 0 Å². The van der Waals surface area contributed by atoms with Gasteiger partial charge < -0.3 is 10.2 Å². The predicted molar refractivity (Wildman–Crippen MR) is 118 cm³/mol. The highest BCUT2D eigenvalue weighted by molar-refractivity contribution is 5.95. The van der Waals surface area contributed by atoms with E-state index in [-0.39, 0.29) is 11.9 Å². The van der Waals surface area contributed by atoms with Gasteiger partial charge in [0.2, 0.25) is 0 Å². The van der Waals surface area contributed by atoms with Gasteiger partial charge in [-0.25, -0.2) is 9.97 Å². The van der Waals surface area contributed by atoms with E-state index in [1.165, 1.54) is 4.80 Å². The van der Waals surface area contributed by atoms with Crippen molar-refractivity contribution in [1.29, 1.82) is 0 Å². The van der Waals surface area contributed by atoms with Gasteiger partial charge in [-0.1, -0.05) is 6.92 Å². The quantitative estimate of drug-likeness (QED) is 0.494. The molecule has 9 nitrogen and oxygen atoms in total. The second-order valence-electron chi connectivity index (χ2n) is 7.24. The maximum absolute atomic E-state index is 13.3. The largest absolute Gasteiger partial charge is 0.368 e. The third-order valence-corrected chi connectivity index (χ3v) is 5.16. The van der Waals surface area contributed by atoms with E-state index in [0.29, 0.717) is 17.9 Å². The molecule has 0 aliphatic rings. The van der Waals surface area contributed by atoms with E-state index in [4.69, 9.17) is 0 Å². The number of aromatic nitrogens is 6. The molecule has 9 heteroatoms. The predicted octanol–water partition coefficient (Wildman–Crippen LogP) is 2.88. The Kier molecular flexibility index (Phi) is 5.83. The molecule has 0 unspecified atom stereocenters. The molecule has 4 aromatic heterocycles. The van der Waals surface area contributed by atoms with Crippen LogP contribution in [0.4, 0.5) is 5.82 Å². The normalized spacial score (nSPS) is 12.0.